The van der Waals surface area contributed by atoms with Crippen LogP contribution in [0.5, 0.6) is 0 Å². The Balaban J connectivity index is 1.77. The minimum absolute atomic E-state index is 1.19. The highest BCUT2D eigenvalue weighted by molar-refractivity contribution is 5.82. The molecule has 0 fully saturated rings. The number of fused-ring (bicyclic) bond motifs is 1. The Morgan fingerprint density at radius 1 is 0.524 bits per heavy atom. The molecule has 0 bridgehead atoms. The van der Waals surface area contributed by atoms with Crippen molar-refractivity contribution in [1.29, 1.82) is 0 Å². The van der Waals surface area contributed by atoms with E-state index in [1.807, 2.05) is 6.07 Å². The molecule has 0 N–H and O–H groups in total. The van der Waals surface area contributed by atoms with Crippen LogP contribution in [0.4, 0.5) is 0 Å². The van der Waals surface area contributed by atoms with Gasteiger partial charge in [0.1, 0.15) is 0 Å². The van der Waals surface area contributed by atoms with Crippen LogP contribution in [0.3, 0.4) is 0 Å². The Morgan fingerprint density at radius 2 is 1.19 bits per heavy atom. The molecule has 0 saturated carbocycles. The summed E-state index contributed by atoms with van der Waals surface area (Å²) in [5.74, 6) is 0. The first-order valence-electron chi connectivity index (χ1n) is 7.14. The number of benzene rings is 3. The fraction of sp³-hybridized carbons (Fsp3) is 0. The van der Waals surface area contributed by atoms with Gasteiger partial charge >= 0.3 is 0 Å². The van der Waals surface area contributed by atoms with Crippen molar-refractivity contribution >= 4 is 10.9 Å². The van der Waals surface area contributed by atoms with Crippen LogP contribution >= 0.6 is 0 Å². The number of aromatic nitrogens is 1. The van der Waals surface area contributed by atoms with E-state index in [-0.39, 0.29) is 0 Å². The van der Waals surface area contributed by atoms with Gasteiger partial charge in [0.2, 0.25) is 0 Å². The van der Waals surface area contributed by atoms with E-state index >= 15 is 0 Å². The van der Waals surface area contributed by atoms with Crippen molar-refractivity contribution in [2.75, 3.05) is 0 Å². The van der Waals surface area contributed by atoms with Gasteiger partial charge in [-0.2, -0.15) is 0 Å². The summed E-state index contributed by atoms with van der Waals surface area (Å²) in [5.41, 5.74) is 4.93. The molecule has 100 valence electrons. The lowest BCUT2D eigenvalue weighted by Gasteiger charge is -2.07. The first-order chi connectivity index (χ1) is 10.4. The smallest absolute Gasteiger partial charge is 0.0528 e. The topological polar surface area (TPSA) is 4.93 Å². The van der Waals surface area contributed by atoms with E-state index in [1.165, 1.54) is 27.7 Å². The van der Waals surface area contributed by atoms with Crippen molar-refractivity contribution in [2.45, 2.75) is 0 Å². The summed E-state index contributed by atoms with van der Waals surface area (Å²) in [5, 5.41) is 1.27. The van der Waals surface area contributed by atoms with Gasteiger partial charge in [0.05, 0.1) is 5.52 Å². The summed E-state index contributed by atoms with van der Waals surface area (Å²) in [4.78, 5) is 0. The molecule has 0 amide bonds. The molecule has 0 saturated heterocycles. The van der Waals surface area contributed by atoms with Gasteiger partial charge in [-0.1, -0.05) is 60.7 Å². The maximum atomic E-state index is 2.23. The molecular weight excluding hydrogens is 254 g/mol. The van der Waals surface area contributed by atoms with Gasteiger partial charge < -0.3 is 4.57 Å². The molecule has 0 spiro atoms. The average Bonchev–Trinajstić information content (AvgIpc) is 3.00. The first kappa shape index (κ1) is 12.0. The van der Waals surface area contributed by atoms with Crippen LogP contribution in [0.25, 0.3) is 27.7 Å². The van der Waals surface area contributed by atoms with Gasteiger partial charge in [0.25, 0.3) is 0 Å². The van der Waals surface area contributed by atoms with Gasteiger partial charge in [-0.3, -0.25) is 0 Å². The van der Waals surface area contributed by atoms with Crippen LogP contribution in [-0.4, -0.2) is 4.57 Å². The van der Waals surface area contributed by atoms with Crippen LogP contribution in [0.15, 0.2) is 91.1 Å². The Labute approximate surface area is 124 Å². The minimum Gasteiger partial charge on any atom is -0.317 e. The lowest BCUT2D eigenvalue weighted by Crippen LogP contribution is -1.91. The average molecular weight is 269 g/mol. The molecule has 0 radical (unpaired) electrons. The largest absolute Gasteiger partial charge is 0.317 e. The SMILES string of the molecule is c1ccc(-c2ccc(-n3ccc4ccccc43)cc2)cc1. The molecule has 0 aliphatic rings. The standard InChI is InChI=1S/C20H15N/c1-2-6-16(7-3-1)17-10-12-19(13-11-17)21-15-14-18-8-4-5-9-20(18)21/h1-15H. The van der Waals surface area contributed by atoms with Crippen molar-refractivity contribution in [3.05, 3.63) is 91.1 Å². The Kier molecular flexibility index (Phi) is 2.82. The van der Waals surface area contributed by atoms with E-state index in [4.69, 9.17) is 0 Å². The van der Waals surface area contributed by atoms with Gasteiger partial charge in [0, 0.05) is 11.9 Å². The Bertz CT molecular complexity index is 871. The zero-order valence-electron chi connectivity index (χ0n) is 11.6. The molecule has 3 aromatic carbocycles. The van der Waals surface area contributed by atoms with Crippen LogP contribution in [-0.2, 0) is 0 Å². The summed E-state index contributed by atoms with van der Waals surface area (Å²) in [6, 6.07) is 29.8. The molecule has 0 aliphatic carbocycles. The molecular formula is C20H15N. The quantitative estimate of drug-likeness (QED) is 0.465. The van der Waals surface area contributed by atoms with E-state index in [0.29, 0.717) is 0 Å². The summed E-state index contributed by atoms with van der Waals surface area (Å²) in [6.07, 6.45) is 2.13. The van der Waals surface area contributed by atoms with E-state index in [9.17, 15) is 0 Å². The van der Waals surface area contributed by atoms with Crippen LogP contribution in [0.1, 0.15) is 0 Å². The molecule has 0 unspecified atom stereocenters. The van der Waals surface area contributed by atoms with Crippen molar-refractivity contribution in [3.63, 3.8) is 0 Å². The molecule has 4 rings (SSSR count). The monoisotopic (exact) mass is 269 g/mol. The van der Waals surface area contributed by atoms with Gasteiger partial charge in [-0.05, 0) is 40.8 Å². The lowest BCUT2D eigenvalue weighted by atomic mass is 10.1. The minimum atomic E-state index is 1.19. The third-order valence-electron chi connectivity index (χ3n) is 3.85. The van der Waals surface area contributed by atoms with Crippen molar-refractivity contribution in [1.82, 2.24) is 4.57 Å². The van der Waals surface area contributed by atoms with Gasteiger partial charge in [-0.25, -0.2) is 0 Å². The third-order valence-corrected chi connectivity index (χ3v) is 3.85. The first-order valence-corrected chi connectivity index (χ1v) is 7.14. The number of hydrogen-bond donors (Lipinski definition) is 0. The van der Waals surface area contributed by atoms with E-state index in [1.54, 1.807) is 0 Å². The number of nitrogens with zero attached hydrogens (tertiary/aromatic N) is 1. The molecule has 1 heterocycles. The fourth-order valence-electron chi connectivity index (χ4n) is 2.75. The second-order valence-corrected chi connectivity index (χ2v) is 5.16. The summed E-state index contributed by atoms with van der Waals surface area (Å²) < 4.78 is 2.23. The second-order valence-electron chi connectivity index (χ2n) is 5.16. The molecule has 0 aliphatic heterocycles. The number of para-hydroxylation sites is 1. The van der Waals surface area contributed by atoms with Crippen LogP contribution in [0.2, 0.25) is 0 Å². The van der Waals surface area contributed by atoms with Gasteiger partial charge in [-0.15, -0.1) is 0 Å². The zero-order valence-corrected chi connectivity index (χ0v) is 11.6. The predicted octanol–water partition coefficient (Wildman–Crippen LogP) is 5.30. The number of rotatable bonds is 2. The second kappa shape index (κ2) is 4.95. The zero-order chi connectivity index (χ0) is 14.1. The summed E-state index contributed by atoms with van der Waals surface area (Å²) in [7, 11) is 0. The molecule has 1 heteroatoms. The Hall–Kier alpha value is -2.80. The van der Waals surface area contributed by atoms with Crippen molar-refractivity contribution in [2.24, 2.45) is 0 Å². The van der Waals surface area contributed by atoms with Crippen LogP contribution < -0.4 is 0 Å². The highest BCUT2D eigenvalue weighted by atomic mass is 15.0. The lowest BCUT2D eigenvalue weighted by molar-refractivity contribution is 1.13. The molecule has 21 heavy (non-hydrogen) atoms. The van der Waals surface area contributed by atoms with E-state index in [2.05, 4.69) is 89.6 Å². The van der Waals surface area contributed by atoms with E-state index < -0.39 is 0 Å². The molecule has 0 atom stereocenters. The van der Waals surface area contributed by atoms with Crippen molar-refractivity contribution in [3.8, 4) is 16.8 Å². The normalized spacial score (nSPS) is 10.9. The van der Waals surface area contributed by atoms with Crippen molar-refractivity contribution < 1.29 is 0 Å². The molecule has 1 aromatic heterocycles. The highest BCUT2D eigenvalue weighted by Crippen LogP contribution is 2.24. The maximum Gasteiger partial charge on any atom is 0.0528 e. The third kappa shape index (κ3) is 2.13. The number of hydrogen-bond acceptors (Lipinski definition) is 0. The summed E-state index contributed by atoms with van der Waals surface area (Å²) >= 11 is 0. The molecule has 4 aromatic rings. The van der Waals surface area contributed by atoms with Crippen LogP contribution in [0, 0.1) is 0 Å². The fourth-order valence-corrected chi connectivity index (χ4v) is 2.75. The predicted molar refractivity (Wildman–Crippen MR) is 88.7 cm³/mol. The molecule has 1 nitrogen and oxygen atoms in total. The van der Waals surface area contributed by atoms with Gasteiger partial charge in [0.15, 0.2) is 0 Å². The summed E-state index contributed by atoms with van der Waals surface area (Å²) in [6.45, 7) is 0. The van der Waals surface area contributed by atoms with E-state index in [0.717, 1.165) is 0 Å². The maximum absolute atomic E-state index is 2.23. The Morgan fingerprint density at radius 3 is 2.00 bits per heavy atom. The highest BCUT2D eigenvalue weighted by Gasteiger charge is 2.03.